The van der Waals surface area contributed by atoms with Crippen LogP contribution in [0, 0.1) is 0 Å². The predicted molar refractivity (Wildman–Crippen MR) is 50.6 cm³/mol. The number of aromatic nitrogens is 3. The van der Waals surface area contributed by atoms with Crippen molar-refractivity contribution < 1.29 is 0 Å². The Morgan fingerprint density at radius 3 is 3.00 bits per heavy atom. The number of thiazole rings is 1. The number of nitrogens with zero attached hydrogens (tertiary/aromatic N) is 3. The van der Waals surface area contributed by atoms with Gasteiger partial charge in [0.2, 0.25) is 5.13 Å². The van der Waals surface area contributed by atoms with Crippen LogP contribution in [0.1, 0.15) is 0 Å². The summed E-state index contributed by atoms with van der Waals surface area (Å²) < 4.78 is 4.14. The van der Waals surface area contributed by atoms with Crippen LogP contribution in [0.3, 0.4) is 0 Å². The molecule has 1 N–H and O–H groups in total. The normalized spacial score (nSPS) is 10.1. The highest BCUT2D eigenvalue weighted by Crippen LogP contribution is 2.19. The van der Waals surface area contributed by atoms with Crippen LogP contribution in [0.4, 0.5) is 5.13 Å². The second-order valence-electron chi connectivity index (χ2n) is 2.05. The lowest BCUT2D eigenvalue weighted by Gasteiger charge is -1.85. The standard InChI is InChI=1S/C6H6N4S2/c1-7-6-9-5(10-12-6)4-2-11-3-8-4/h2-3H,1H3,(H,7,9,10). The number of anilines is 1. The molecule has 0 aliphatic rings. The Morgan fingerprint density at radius 2 is 2.42 bits per heavy atom. The van der Waals surface area contributed by atoms with E-state index < -0.39 is 0 Å². The summed E-state index contributed by atoms with van der Waals surface area (Å²) >= 11 is 2.88. The van der Waals surface area contributed by atoms with E-state index in [1.807, 2.05) is 12.4 Å². The summed E-state index contributed by atoms with van der Waals surface area (Å²) in [6.45, 7) is 0. The van der Waals surface area contributed by atoms with E-state index in [0.29, 0.717) is 5.82 Å². The zero-order valence-electron chi connectivity index (χ0n) is 6.31. The second kappa shape index (κ2) is 3.16. The zero-order chi connectivity index (χ0) is 8.39. The highest BCUT2D eigenvalue weighted by Gasteiger charge is 2.05. The van der Waals surface area contributed by atoms with Gasteiger partial charge in [0.25, 0.3) is 0 Å². The van der Waals surface area contributed by atoms with Gasteiger partial charge in [-0.2, -0.15) is 9.36 Å². The minimum Gasteiger partial charge on any atom is -0.363 e. The van der Waals surface area contributed by atoms with E-state index in [1.54, 1.807) is 16.8 Å². The number of rotatable bonds is 2. The summed E-state index contributed by atoms with van der Waals surface area (Å²) in [7, 11) is 1.82. The van der Waals surface area contributed by atoms with Gasteiger partial charge in [-0.3, -0.25) is 0 Å². The Bertz CT molecular complexity index is 353. The third-order valence-electron chi connectivity index (χ3n) is 1.30. The maximum Gasteiger partial charge on any atom is 0.202 e. The van der Waals surface area contributed by atoms with Crippen molar-refractivity contribution in [2.45, 2.75) is 0 Å². The third kappa shape index (κ3) is 1.30. The van der Waals surface area contributed by atoms with Gasteiger partial charge in [0, 0.05) is 24.0 Å². The van der Waals surface area contributed by atoms with Crippen molar-refractivity contribution in [1.82, 2.24) is 14.3 Å². The number of hydrogen-bond donors (Lipinski definition) is 1. The fourth-order valence-electron chi connectivity index (χ4n) is 0.752. The fraction of sp³-hybridized carbons (Fsp3) is 0.167. The van der Waals surface area contributed by atoms with Gasteiger partial charge in [-0.15, -0.1) is 11.3 Å². The van der Waals surface area contributed by atoms with Crippen LogP contribution in [0.5, 0.6) is 0 Å². The van der Waals surface area contributed by atoms with Gasteiger partial charge in [0.1, 0.15) is 5.69 Å². The molecule has 2 aromatic heterocycles. The van der Waals surface area contributed by atoms with Crippen molar-refractivity contribution in [3.05, 3.63) is 10.9 Å². The molecule has 0 aliphatic carbocycles. The minimum absolute atomic E-state index is 0.700. The van der Waals surface area contributed by atoms with Gasteiger partial charge in [-0.25, -0.2) is 4.98 Å². The second-order valence-corrected chi connectivity index (χ2v) is 3.52. The van der Waals surface area contributed by atoms with Crippen molar-refractivity contribution in [2.24, 2.45) is 0 Å². The number of hydrogen-bond acceptors (Lipinski definition) is 6. The summed E-state index contributed by atoms with van der Waals surface area (Å²) in [6, 6.07) is 0. The van der Waals surface area contributed by atoms with Gasteiger partial charge in [-0.1, -0.05) is 0 Å². The topological polar surface area (TPSA) is 50.7 Å². The first-order valence-corrected chi connectivity index (χ1v) is 5.02. The van der Waals surface area contributed by atoms with Crippen molar-refractivity contribution in [1.29, 1.82) is 0 Å². The van der Waals surface area contributed by atoms with E-state index >= 15 is 0 Å². The lowest BCUT2D eigenvalue weighted by molar-refractivity contribution is 1.26. The van der Waals surface area contributed by atoms with Gasteiger partial charge < -0.3 is 5.32 Å². The lowest BCUT2D eigenvalue weighted by Crippen LogP contribution is -1.86. The summed E-state index contributed by atoms with van der Waals surface area (Å²) in [5, 5.41) is 5.68. The summed E-state index contributed by atoms with van der Waals surface area (Å²) in [4.78, 5) is 8.32. The Kier molecular flexibility index (Phi) is 2.01. The first kappa shape index (κ1) is 7.63. The quantitative estimate of drug-likeness (QED) is 0.798. The maximum atomic E-state index is 4.21. The largest absolute Gasteiger partial charge is 0.363 e. The SMILES string of the molecule is CNc1nc(-c2cscn2)ns1. The van der Waals surface area contributed by atoms with Crippen molar-refractivity contribution in [2.75, 3.05) is 12.4 Å². The Morgan fingerprint density at radius 1 is 1.50 bits per heavy atom. The van der Waals surface area contributed by atoms with Crippen molar-refractivity contribution in [3.63, 3.8) is 0 Å². The van der Waals surface area contributed by atoms with Crippen LogP contribution in [0.2, 0.25) is 0 Å². The Balaban J connectivity index is 2.35. The monoisotopic (exact) mass is 198 g/mol. The van der Waals surface area contributed by atoms with E-state index in [0.717, 1.165) is 10.8 Å². The maximum absolute atomic E-state index is 4.21. The summed E-state index contributed by atoms with van der Waals surface area (Å²) in [5.74, 6) is 0.700. The molecule has 0 saturated heterocycles. The van der Waals surface area contributed by atoms with Gasteiger partial charge in [0.05, 0.1) is 5.51 Å². The van der Waals surface area contributed by atoms with Crippen LogP contribution in [0.15, 0.2) is 10.9 Å². The molecular formula is C6H6N4S2. The van der Waals surface area contributed by atoms with Crippen LogP contribution in [0.25, 0.3) is 11.5 Å². The van der Waals surface area contributed by atoms with E-state index in [9.17, 15) is 0 Å². The summed E-state index contributed by atoms with van der Waals surface area (Å²) in [6.07, 6.45) is 0. The van der Waals surface area contributed by atoms with E-state index in [2.05, 4.69) is 19.7 Å². The molecule has 6 heteroatoms. The third-order valence-corrected chi connectivity index (χ3v) is 2.62. The van der Waals surface area contributed by atoms with E-state index in [1.165, 1.54) is 11.5 Å². The first-order valence-electron chi connectivity index (χ1n) is 3.30. The molecule has 2 heterocycles. The fourth-order valence-corrected chi connectivity index (χ4v) is 1.81. The molecule has 0 spiro atoms. The van der Waals surface area contributed by atoms with Gasteiger partial charge in [-0.05, 0) is 0 Å². The molecule has 12 heavy (non-hydrogen) atoms. The minimum atomic E-state index is 0.700. The van der Waals surface area contributed by atoms with Gasteiger partial charge in [0.15, 0.2) is 5.82 Å². The van der Waals surface area contributed by atoms with Crippen molar-refractivity contribution >= 4 is 28.0 Å². The van der Waals surface area contributed by atoms with Crippen molar-refractivity contribution in [3.8, 4) is 11.5 Å². The zero-order valence-corrected chi connectivity index (χ0v) is 7.95. The summed E-state index contributed by atoms with van der Waals surface area (Å²) in [5.41, 5.74) is 2.62. The van der Waals surface area contributed by atoms with Gasteiger partial charge >= 0.3 is 0 Å². The Hall–Kier alpha value is -1.01. The highest BCUT2D eigenvalue weighted by molar-refractivity contribution is 7.10. The molecule has 2 aromatic rings. The molecule has 2 rings (SSSR count). The van der Waals surface area contributed by atoms with E-state index in [4.69, 9.17) is 0 Å². The predicted octanol–water partition coefficient (Wildman–Crippen LogP) is 1.70. The van der Waals surface area contributed by atoms with Crippen LogP contribution in [-0.2, 0) is 0 Å². The lowest BCUT2D eigenvalue weighted by atomic mass is 10.5. The molecule has 0 saturated carbocycles. The molecule has 4 nitrogen and oxygen atoms in total. The molecule has 0 aromatic carbocycles. The van der Waals surface area contributed by atoms with Crippen LogP contribution < -0.4 is 5.32 Å². The molecule has 0 unspecified atom stereocenters. The molecule has 62 valence electrons. The number of nitrogens with one attached hydrogen (secondary N) is 1. The van der Waals surface area contributed by atoms with E-state index in [-0.39, 0.29) is 0 Å². The van der Waals surface area contributed by atoms with Crippen LogP contribution in [-0.4, -0.2) is 21.4 Å². The Labute approximate surface area is 77.5 Å². The molecule has 0 aliphatic heterocycles. The first-order chi connectivity index (χ1) is 5.90. The average Bonchev–Trinajstić information content (AvgIpc) is 2.75. The molecule has 0 amide bonds. The molecule has 0 radical (unpaired) electrons. The smallest absolute Gasteiger partial charge is 0.202 e. The molecule has 0 fully saturated rings. The molecule has 0 atom stereocenters. The van der Waals surface area contributed by atoms with Crippen LogP contribution >= 0.6 is 22.9 Å². The molecule has 0 bridgehead atoms. The highest BCUT2D eigenvalue weighted by atomic mass is 32.1. The average molecular weight is 198 g/mol. The molecular weight excluding hydrogens is 192 g/mol.